The van der Waals surface area contributed by atoms with E-state index in [-0.39, 0.29) is 18.5 Å². The number of nitrogens with one attached hydrogen (secondary N) is 2. The molecular formula is C14H17N3O3. The molecule has 1 aliphatic heterocycles. The van der Waals surface area contributed by atoms with E-state index in [9.17, 15) is 9.59 Å². The van der Waals surface area contributed by atoms with Crippen LogP contribution < -0.4 is 10.6 Å². The lowest BCUT2D eigenvalue weighted by atomic mass is 10.2. The third-order valence-corrected chi connectivity index (χ3v) is 2.80. The molecule has 0 aromatic heterocycles. The van der Waals surface area contributed by atoms with Gasteiger partial charge < -0.3 is 20.3 Å². The summed E-state index contributed by atoms with van der Waals surface area (Å²) in [4.78, 5) is 25.0. The van der Waals surface area contributed by atoms with E-state index in [4.69, 9.17) is 4.74 Å². The fourth-order valence-electron chi connectivity index (χ4n) is 1.83. The maximum Gasteiger partial charge on any atom is 0.263 e. The first-order chi connectivity index (χ1) is 9.66. The van der Waals surface area contributed by atoms with Crippen LogP contribution in [0.3, 0.4) is 0 Å². The van der Waals surface area contributed by atoms with Crippen LogP contribution in [0.2, 0.25) is 0 Å². The summed E-state index contributed by atoms with van der Waals surface area (Å²) in [5.41, 5.74) is 0.996. The molecule has 1 aromatic carbocycles. The van der Waals surface area contributed by atoms with Crippen LogP contribution in [0.25, 0.3) is 0 Å². The molecule has 0 spiro atoms. The van der Waals surface area contributed by atoms with Crippen LogP contribution >= 0.6 is 0 Å². The molecule has 0 aliphatic carbocycles. The van der Waals surface area contributed by atoms with Gasteiger partial charge in [0.1, 0.15) is 6.26 Å². The van der Waals surface area contributed by atoms with Crippen LogP contribution in [0.5, 0.6) is 0 Å². The molecule has 0 saturated carbocycles. The van der Waals surface area contributed by atoms with Gasteiger partial charge in [-0.05, 0) is 5.56 Å². The zero-order valence-corrected chi connectivity index (χ0v) is 11.2. The SMILES string of the molecule is CC(=O)NC(C(=O)NCc1ccccc1)N1C=COC1. The average Bonchev–Trinajstić information content (AvgIpc) is 2.97. The zero-order chi connectivity index (χ0) is 14.4. The first-order valence-corrected chi connectivity index (χ1v) is 6.29. The maximum atomic E-state index is 12.2. The van der Waals surface area contributed by atoms with Crippen LogP contribution in [0.4, 0.5) is 0 Å². The van der Waals surface area contributed by atoms with Crippen molar-refractivity contribution in [2.75, 3.05) is 6.73 Å². The van der Waals surface area contributed by atoms with Crippen LogP contribution in [0, 0.1) is 0 Å². The Morgan fingerprint density at radius 3 is 2.70 bits per heavy atom. The van der Waals surface area contributed by atoms with E-state index in [1.165, 1.54) is 13.2 Å². The third-order valence-electron chi connectivity index (χ3n) is 2.80. The molecular weight excluding hydrogens is 258 g/mol. The first kappa shape index (κ1) is 13.9. The second kappa shape index (κ2) is 6.60. The number of hydrogen-bond acceptors (Lipinski definition) is 4. The summed E-state index contributed by atoms with van der Waals surface area (Å²) < 4.78 is 5.05. The summed E-state index contributed by atoms with van der Waals surface area (Å²) in [5, 5.41) is 5.40. The lowest BCUT2D eigenvalue weighted by Crippen LogP contribution is -2.54. The van der Waals surface area contributed by atoms with Gasteiger partial charge in [-0.15, -0.1) is 0 Å². The quantitative estimate of drug-likeness (QED) is 0.822. The number of rotatable bonds is 5. The van der Waals surface area contributed by atoms with Gasteiger partial charge >= 0.3 is 0 Å². The fraction of sp³-hybridized carbons (Fsp3) is 0.286. The normalized spacial score (nSPS) is 14.6. The van der Waals surface area contributed by atoms with Crippen LogP contribution in [0.1, 0.15) is 12.5 Å². The van der Waals surface area contributed by atoms with Crippen molar-refractivity contribution >= 4 is 11.8 Å². The van der Waals surface area contributed by atoms with Crippen molar-refractivity contribution in [1.29, 1.82) is 0 Å². The molecule has 0 bridgehead atoms. The maximum absolute atomic E-state index is 12.2. The number of hydrogen-bond donors (Lipinski definition) is 2. The van der Waals surface area contributed by atoms with Gasteiger partial charge in [-0.3, -0.25) is 9.59 Å². The third kappa shape index (κ3) is 3.74. The highest BCUT2D eigenvalue weighted by Gasteiger charge is 2.26. The smallest absolute Gasteiger partial charge is 0.263 e. The molecule has 1 unspecified atom stereocenters. The Kier molecular flexibility index (Phi) is 4.60. The number of ether oxygens (including phenoxy) is 1. The van der Waals surface area contributed by atoms with Crippen molar-refractivity contribution < 1.29 is 14.3 Å². The number of carbonyl (C=O) groups is 2. The summed E-state index contributed by atoms with van der Waals surface area (Å²) >= 11 is 0. The van der Waals surface area contributed by atoms with E-state index in [1.807, 2.05) is 30.3 Å². The van der Waals surface area contributed by atoms with E-state index in [1.54, 1.807) is 11.1 Å². The van der Waals surface area contributed by atoms with Crippen molar-refractivity contribution in [3.8, 4) is 0 Å². The van der Waals surface area contributed by atoms with E-state index in [0.29, 0.717) is 6.54 Å². The van der Waals surface area contributed by atoms with Crippen LogP contribution in [-0.2, 0) is 20.9 Å². The number of carbonyl (C=O) groups excluding carboxylic acids is 2. The summed E-state index contributed by atoms with van der Waals surface area (Å²) in [7, 11) is 0. The molecule has 0 saturated heterocycles. The molecule has 6 heteroatoms. The molecule has 1 atom stereocenters. The molecule has 2 rings (SSSR count). The molecule has 0 fully saturated rings. The Labute approximate surface area is 117 Å². The second-order valence-corrected chi connectivity index (χ2v) is 4.40. The lowest BCUT2D eigenvalue weighted by molar-refractivity contribution is -0.132. The number of nitrogens with zero attached hydrogens (tertiary/aromatic N) is 1. The minimum atomic E-state index is -0.769. The topological polar surface area (TPSA) is 70.7 Å². The van der Waals surface area contributed by atoms with Crippen molar-refractivity contribution in [3.63, 3.8) is 0 Å². The zero-order valence-electron chi connectivity index (χ0n) is 11.2. The van der Waals surface area contributed by atoms with Gasteiger partial charge in [-0.1, -0.05) is 30.3 Å². The Hall–Kier alpha value is -2.50. The summed E-state index contributed by atoms with van der Waals surface area (Å²) in [6.45, 7) is 2.02. The van der Waals surface area contributed by atoms with E-state index in [2.05, 4.69) is 10.6 Å². The molecule has 2 amide bonds. The molecule has 0 radical (unpaired) electrons. The van der Waals surface area contributed by atoms with Gasteiger partial charge in [0.05, 0.1) is 0 Å². The van der Waals surface area contributed by atoms with Crippen LogP contribution in [0.15, 0.2) is 42.8 Å². The van der Waals surface area contributed by atoms with E-state index >= 15 is 0 Å². The van der Waals surface area contributed by atoms with Gasteiger partial charge in [0.2, 0.25) is 5.91 Å². The fourth-order valence-corrected chi connectivity index (χ4v) is 1.83. The van der Waals surface area contributed by atoms with Gasteiger partial charge in [0, 0.05) is 19.7 Å². The Balaban J connectivity index is 1.95. The highest BCUT2D eigenvalue weighted by Crippen LogP contribution is 2.06. The van der Waals surface area contributed by atoms with Crippen molar-refractivity contribution in [2.24, 2.45) is 0 Å². The molecule has 2 N–H and O–H groups in total. The molecule has 20 heavy (non-hydrogen) atoms. The Morgan fingerprint density at radius 1 is 1.35 bits per heavy atom. The van der Waals surface area contributed by atoms with Crippen LogP contribution in [-0.4, -0.2) is 29.6 Å². The summed E-state index contributed by atoms with van der Waals surface area (Å²) in [6, 6.07) is 9.57. The standard InChI is InChI=1S/C14H17N3O3/c1-11(18)16-13(17-7-8-20-10-17)14(19)15-9-12-5-3-2-4-6-12/h2-8,13H,9-10H2,1H3,(H,15,19)(H,16,18). The van der Waals surface area contributed by atoms with Gasteiger partial charge in [-0.2, -0.15) is 0 Å². The molecule has 6 nitrogen and oxygen atoms in total. The summed E-state index contributed by atoms with van der Waals surface area (Å²) in [5.74, 6) is -0.552. The minimum absolute atomic E-state index is 0.240. The van der Waals surface area contributed by atoms with Crippen molar-refractivity contribution in [3.05, 3.63) is 48.4 Å². The van der Waals surface area contributed by atoms with Gasteiger partial charge in [0.25, 0.3) is 5.91 Å². The Morgan fingerprint density at radius 2 is 2.10 bits per heavy atom. The van der Waals surface area contributed by atoms with E-state index < -0.39 is 6.17 Å². The molecule has 106 valence electrons. The van der Waals surface area contributed by atoms with Crippen molar-refractivity contribution in [1.82, 2.24) is 15.5 Å². The minimum Gasteiger partial charge on any atom is -0.479 e. The Bertz CT molecular complexity index is 502. The van der Waals surface area contributed by atoms with E-state index in [0.717, 1.165) is 5.56 Å². The predicted molar refractivity (Wildman–Crippen MR) is 72.8 cm³/mol. The van der Waals surface area contributed by atoms with Gasteiger partial charge in [0.15, 0.2) is 12.9 Å². The average molecular weight is 275 g/mol. The molecule has 1 heterocycles. The highest BCUT2D eigenvalue weighted by atomic mass is 16.5. The lowest BCUT2D eigenvalue weighted by Gasteiger charge is -2.25. The second-order valence-electron chi connectivity index (χ2n) is 4.40. The number of amides is 2. The largest absolute Gasteiger partial charge is 0.479 e. The molecule has 1 aliphatic rings. The summed E-state index contributed by atoms with van der Waals surface area (Å²) in [6.07, 6.45) is 2.34. The molecule has 1 aromatic rings. The predicted octanol–water partition coefficient (Wildman–Crippen LogP) is 0.526. The highest BCUT2D eigenvalue weighted by molar-refractivity contribution is 5.86. The van der Waals surface area contributed by atoms with Crippen molar-refractivity contribution in [2.45, 2.75) is 19.6 Å². The number of benzene rings is 1. The van der Waals surface area contributed by atoms with Gasteiger partial charge in [-0.25, -0.2) is 0 Å². The monoisotopic (exact) mass is 275 g/mol. The first-order valence-electron chi connectivity index (χ1n) is 6.29.